The lowest BCUT2D eigenvalue weighted by molar-refractivity contribution is 0.164. The molecule has 120 valence electrons. The minimum atomic E-state index is 0.719. The van der Waals surface area contributed by atoms with E-state index in [1.54, 1.807) is 7.11 Å². The normalized spacial score (nSPS) is 24.4. The van der Waals surface area contributed by atoms with Crippen molar-refractivity contribution >= 4 is 15.9 Å². The van der Waals surface area contributed by atoms with Crippen LogP contribution in [0.25, 0.3) is 0 Å². The van der Waals surface area contributed by atoms with Gasteiger partial charge in [0, 0.05) is 23.6 Å². The second kappa shape index (κ2) is 6.16. The van der Waals surface area contributed by atoms with Gasteiger partial charge in [-0.3, -0.25) is 4.90 Å². The minimum Gasteiger partial charge on any atom is -0.496 e. The van der Waals surface area contributed by atoms with Crippen molar-refractivity contribution in [1.82, 2.24) is 4.90 Å². The van der Waals surface area contributed by atoms with Gasteiger partial charge in [0.25, 0.3) is 0 Å². The van der Waals surface area contributed by atoms with Gasteiger partial charge in [-0.15, -0.1) is 0 Å². The number of nitrogens with zero attached hydrogens (tertiary/aromatic N) is 1. The summed E-state index contributed by atoms with van der Waals surface area (Å²) < 4.78 is 6.90. The zero-order valence-electron chi connectivity index (χ0n) is 13.5. The molecule has 1 atom stereocenters. The summed E-state index contributed by atoms with van der Waals surface area (Å²) in [7, 11) is 1.80. The molecule has 2 saturated carbocycles. The van der Waals surface area contributed by atoms with Crippen LogP contribution in [0.15, 0.2) is 16.6 Å². The molecule has 0 aromatic heterocycles. The molecule has 1 aromatic rings. The van der Waals surface area contributed by atoms with Crippen LogP contribution in [-0.4, -0.2) is 31.1 Å². The molecule has 0 radical (unpaired) electrons. The van der Waals surface area contributed by atoms with Gasteiger partial charge >= 0.3 is 0 Å². The number of halogens is 1. The molecule has 0 heterocycles. The van der Waals surface area contributed by atoms with Crippen molar-refractivity contribution in [2.75, 3.05) is 20.2 Å². The maximum absolute atomic E-state index is 5.64. The fraction of sp³-hybridized carbons (Fsp3) is 0.684. The molecule has 0 amide bonds. The number of fused-ring (bicyclic) bond motifs is 1. The van der Waals surface area contributed by atoms with E-state index in [4.69, 9.17) is 4.74 Å². The highest BCUT2D eigenvalue weighted by Crippen LogP contribution is 2.39. The van der Waals surface area contributed by atoms with Gasteiger partial charge in [0.1, 0.15) is 5.75 Å². The Labute approximate surface area is 142 Å². The smallest absolute Gasteiger partial charge is 0.122 e. The van der Waals surface area contributed by atoms with Crippen molar-refractivity contribution in [3.8, 4) is 5.75 Å². The quantitative estimate of drug-likeness (QED) is 0.740. The average Bonchev–Trinajstić information content (AvgIpc) is 3.42. The van der Waals surface area contributed by atoms with E-state index in [1.165, 1.54) is 67.2 Å². The predicted octanol–water partition coefficient (Wildman–Crippen LogP) is 4.44. The number of methoxy groups -OCH3 is 1. The van der Waals surface area contributed by atoms with E-state index in [-0.39, 0.29) is 0 Å². The molecule has 0 saturated heterocycles. The SMILES string of the molecule is COc1ccc(Br)c2c1CC(N(CC1CC1)CC1CC1)CC2. The maximum Gasteiger partial charge on any atom is 0.122 e. The summed E-state index contributed by atoms with van der Waals surface area (Å²) in [4.78, 5) is 2.83. The first-order chi connectivity index (χ1) is 10.7. The third-order valence-corrected chi connectivity index (χ3v) is 6.36. The molecular formula is C19H26BrNO. The van der Waals surface area contributed by atoms with Gasteiger partial charge in [-0.2, -0.15) is 0 Å². The maximum atomic E-state index is 5.64. The van der Waals surface area contributed by atoms with E-state index < -0.39 is 0 Å². The highest BCUT2D eigenvalue weighted by Gasteiger charge is 2.34. The largest absolute Gasteiger partial charge is 0.496 e. The molecule has 0 N–H and O–H groups in total. The van der Waals surface area contributed by atoms with Gasteiger partial charge in [-0.1, -0.05) is 15.9 Å². The van der Waals surface area contributed by atoms with E-state index in [0.717, 1.165) is 30.0 Å². The number of benzene rings is 1. The van der Waals surface area contributed by atoms with Crippen LogP contribution in [0, 0.1) is 11.8 Å². The first-order valence-electron chi connectivity index (χ1n) is 8.83. The van der Waals surface area contributed by atoms with Crippen molar-refractivity contribution in [3.05, 3.63) is 27.7 Å². The van der Waals surface area contributed by atoms with Gasteiger partial charge in [0.2, 0.25) is 0 Å². The zero-order valence-corrected chi connectivity index (χ0v) is 15.1. The van der Waals surface area contributed by atoms with Crippen molar-refractivity contribution in [2.24, 2.45) is 11.8 Å². The Morgan fingerprint density at radius 1 is 1.05 bits per heavy atom. The third kappa shape index (κ3) is 3.21. The Morgan fingerprint density at radius 2 is 1.73 bits per heavy atom. The molecule has 3 aliphatic carbocycles. The molecule has 3 heteroatoms. The van der Waals surface area contributed by atoms with E-state index in [2.05, 4.69) is 33.0 Å². The second-order valence-corrected chi connectivity index (χ2v) is 8.30. The van der Waals surface area contributed by atoms with Gasteiger partial charge in [-0.05, 0) is 80.0 Å². The highest BCUT2D eigenvalue weighted by molar-refractivity contribution is 9.10. The molecule has 4 rings (SSSR count). The Bertz CT molecular complexity index is 537. The molecule has 0 aliphatic heterocycles. The Morgan fingerprint density at radius 3 is 2.32 bits per heavy atom. The predicted molar refractivity (Wildman–Crippen MR) is 93.5 cm³/mol. The van der Waals surface area contributed by atoms with Gasteiger partial charge in [0.15, 0.2) is 0 Å². The van der Waals surface area contributed by atoms with Crippen LogP contribution >= 0.6 is 15.9 Å². The third-order valence-electron chi connectivity index (χ3n) is 5.61. The van der Waals surface area contributed by atoms with Crippen LogP contribution in [0.1, 0.15) is 43.2 Å². The topological polar surface area (TPSA) is 12.5 Å². The van der Waals surface area contributed by atoms with E-state index in [1.807, 2.05) is 0 Å². The van der Waals surface area contributed by atoms with Gasteiger partial charge < -0.3 is 4.74 Å². The van der Waals surface area contributed by atoms with Crippen LogP contribution in [0.3, 0.4) is 0 Å². The standard InChI is InChI=1S/C19H26BrNO/c1-22-19-9-8-18(20)16-7-6-15(10-17(16)19)21(11-13-2-3-13)12-14-4-5-14/h8-9,13-15H,2-7,10-12H2,1H3. The Kier molecular flexibility index (Phi) is 4.21. The van der Waals surface area contributed by atoms with Crippen molar-refractivity contribution in [3.63, 3.8) is 0 Å². The van der Waals surface area contributed by atoms with Crippen LogP contribution < -0.4 is 4.74 Å². The van der Waals surface area contributed by atoms with E-state index >= 15 is 0 Å². The zero-order chi connectivity index (χ0) is 15.1. The lowest BCUT2D eigenvalue weighted by Crippen LogP contribution is -2.42. The van der Waals surface area contributed by atoms with Crippen molar-refractivity contribution in [1.29, 1.82) is 0 Å². The molecular weight excluding hydrogens is 338 g/mol. The van der Waals surface area contributed by atoms with Crippen molar-refractivity contribution < 1.29 is 4.74 Å². The van der Waals surface area contributed by atoms with E-state index in [9.17, 15) is 0 Å². The summed E-state index contributed by atoms with van der Waals surface area (Å²) in [5.41, 5.74) is 2.93. The summed E-state index contributed by atoms with van der Waals surface area (Å²) in [6.07, 6.45) is 9.48. The molecule has 1 aromatic carbocycles. The van der Waals surface area contributed by atoms with E-state index in [0.29, 0.717) is 0 Å². The molecule has 0 spiro atoms. The Balaban J connectivity index is 1.54. The molecule has 1 unspecified atom stereocenters. The fourth-order valence-corrected chi connectivity index (χ4v) is 4.50. The molecule has 3 aliphatic rings. The van der Waals surface area contributed by atoms with Gasteiger partial charge in [-0.25, -0.2) is 0 Å². The molecule has 2 fully saturated rings. The lowest BCUT2D eigenvalue weighted by atomic mass is 9.86. The fourth-order valence-electron chi connectivity index (χ4n) is 3.93. The molecule has 0 bridgehead atoms. The second-order valence-electron chi connectivity index (χ2n) is 7.44. The molecule has 22 heavy (non-hydrogen) atoms. The van der Waals surface area contributed by atoms with Crippen LogP contribution in [-0.2, 0) is 12.8 Å². The summed E-state index contributed by atoms with van der Waals surface area (Å²) in [5.74, 6) is 3.06. The number of hydrogen-bond acceptors (Lipinski definition) is 2. The number of hydrogen-bond donors (Lipinski definition) is 0. The first kappa shape index (κ1) is 15.0. The first-order valence-corrected chi connectivity index (χ1v) is 9.62. The van der Waals surface area contributed by atoms with Gasteiger partial charge in [0.05, 0.1) is 7.11 Å². The lowest BCUT2D eigenvalue weighted by Gasteiger charge is -2.36. The Hall–Kier alpha value is -0.540. The average molecular weight is 364 g/mol. The van der Waals surface area contributed by atoms with Crippen LogP contribution in [0.2, 0.25) is 0 Å². The summed E-state index contributed by atoms with van der Waals surface area (Å²) >= 11 is 3.73. The summed E-state index contributed by atoms with van der Waals surface area (Å²) in [6.45, 7) is 2.68. The highest BCUT2D eigenvalue weighted by atomic mass is 79.9. The minimum absolute atomic E-state index is 0.719. The summed E-state index contributed by atoms with van der Waals surface area (Å²) in [5, 5.41) is 0. The number of ether oxygens (including phenoxy) is 1. The molecule has 2 nitrogen and oxygen atoms in total. The summed E-state index contributed by atoms with van der Waals surface area (Å²) in [6, 6.07) is 4.98. The van der Waals surface area contributed by atoms with Crippen molar-refractivity contribution in [2.45, 2.75) is 51.0 Å². The number of rotatable bonds is 6. The van der Waals surface area contributed by atoms with Crippen LogP contribution in [0.5, 0.6) is 5.75 Å². The monoisotopic (exact) mass is 363 g/mol. The van der Waals surface area contributed by atoms with Crippen LogP contribution in [0.4, 0.5) is 0 Å².